The molecule has 5 rings (SSSR count). The summed E-state index contributed by atoms with van der Waals surface area (Å²) in [5, 5.41) is 1.05. The minimum atomic E-state index is -3.80. The molecule has 0 aliphatic heterocycles. The van der Waals surface area contributed by atoms with Crippen LogP contribution in [0.3, 0.4) is 0 Å². The van der Waals surface area contributed by atoms with Crippen molar-refractivity contribution in [2.45, 2.75) is 36.6 Å². The van der Waals surface area contributed by atoms with Gasteiger partial charge in [-0.25, -0.2) is 18.4 Å². The van der Waals surface area contributed by atoms with Crippen LogP contribution >= 0.6 is 11.6 Å². The Labute approximate surface area is 190 Å². The number of hydrogen-bond donors (Lipinski definition) is 2. The number of rotatable bonds is 5. The van der Waals surface area contributed by atoms with E-state index in [4.69, 9.17) is 17.3 Å². The van der Waals surface area contributed by atoms with Gasteiger partial charge in [-0.15, -0.1) is 0 Å². The summed E-state index contributed by atoms with van der Waals surface area (Å²) in [7, 11) is -3.80. The summed E-state index contributed by atoms with van der Waals surface area (Å²) in [4.78, 5) is 12.6. The maximum Gasteiger partial charge on any atom is 0.263 e. The first-order valence-corrected chi connectivity index (χ1v) is 12.1. The lowest BCUT2D eigenvalue weighted by Crippen LogP contribution is -2.13. The second-order valence-electron chi connectivity index (χ2n) is 7.83. The fourth-order valence-electron chi connectivity index (χ4n) is 4.26. The fourth-order valence-corrected chi connectivity index (χ4v) is 5.59. The molecule has 164 valence electrons. The van der Waals surface area contributed by atoms with E-state index in [2.05, 4.69) is 30.4 Å². The van der Waals surface area contributed by atoms with Crippen molar-refractivity contribution in [1.29, 1.82) is 0 Å². The molecule has 0 unspecified atom stereocenters. The monoisotopic (exact) mass is 468 g/mol. The van der Waals surface area contributed by atoms with Crippen LogP contribution in [0, 0.1) is 0 Å². The van der Waals surface area contributed by atoms with Crippen molar-refractivity contribution < 1.29 is 8.42 Å². The van der Waals surface area contributed by atoms with Crippen LogP contribution in [-0.2, 0) is 10.0 Å². The van der Waals surface area contributed by atoms with Gasteiger partial charge in [-0.3, -0.25) is 9.71 Å². The summed E-state index contributed by atoms with van der Waals surface area (Å²) in [5.74, 6) is 0.402. The predicted octanol–water partition coefficient (Wildman–Crippen LogP) is 4.64. The second-order valence-corrected chi connectivity index (χ2v) is 9.92. The number of sulfonamides is 1. The molecule has 1 aliphatic carbocycles. The standard InChI is InChI=1S/C22H21ClN6O2S/c23-18-10-14(7-8-19(18)28-32(30,31)16-6-3-9-25-11-16)17-12-29(15-4-1-2-5-15)22-20(17)21(24)26-13-27-22/h3,6-13,15,28H,1-2,4-5H2,(H2,24,26,27). The Balaban J connectivity index is 1.55. The molecule has 0 radical (unpaired) electrons. The third-order valence-electron chi connectivity index (χ3n) is 5.83. The molecular weight excluding hydrogens is 448 g/mol. The highest BCUT2D eigenvalue weighted by molar-refractivity contribution is 7.92. The van der Waals surface area contributed by atoms with Crippen LogP contribution in [0.2, 0.25) is 5.02 Å². The molecule has 10 heteroatoms. The van der Waals surface area contributed by atoms with E-state index in [-0.39, 0.29) is 15.6 Å². The van der Waals surface area contributed by atoms with E-state index < -0.39 is 10.0 Å². The number of anilines is 2. The molecule has 0 spiro atoms. The molecule has 1 aromatic carbocycles. The van der Waals surface area contributed by atoms with E-state index in [1.54, 1.807) is 18.2 Å². The smallest absolute Gasteiger partial charge is 0.263 e. The predicted molar refractivity (Wildman–Crippen MR) is 125 cm³/mol. The number of hydrogen-bond acceptors (Lipinski definition) is 6. The Hall–Kier alpha value is -3.17. The molecule has 0 saturated heterocycles. The minimum Gasteiger partial charge on any atom is -0.383 e. The summed E-state index contributed by atoms with van der Waals surface area (Å²) in [5.41, 5.74) is 8.99. The number of nitrogens with zero attached hydrogens (tertiary/aromatic N) is 4. The Kier molecular flexibility index (Phi) is 5.22. The maximum atomic E-state index is 12.6. The first kappa shape index (κ1) is 20.7. The molecule has 1 aliphatic rings. The third-order valence-corrected chi connectivity index (χ3v) is 7.49. The minimum absolute atomic E-state index is 0.0599. The fraction of sp³-hybridized carbons (Fsp3) is 0.227. The molecule has 0 atom stereocenters. The molecule has 3 N–H and O–H groups in total. The number of benzene rings is 1. The van der Waals surface area contributed by atoms with Crippen LogP contribution in [0.25, 0.3) is 22.2 Å². The number of halogens is 1. The van der Waals surface area contributed by atoms with Gasteiger partial charge < -0.3 is 10.3 Å². The third kappa shape index (κ3) is 3.67. The zero-order valence-electron chi connectivity index (χ0n) is 17.1. The zero-order chi connectivity index (χ0) is 22.3. The van der Waals surface area contributed by atoms with Gasteiger partial charge in [0.05, 0.1) is 16.1 Å². The molecule has 8 nitrogen and oxygen atoms in total. The number of fused-ring (bicyclic) bond motifs is 1. The van der Waals surface area contributed by atoms with Crippen LogP contribution in [0.5, 0.6) is 0 Å². The van der Waals surface area contributed by atoms with Crippen molar-refractivity contribution in [3.05, 3.63) is 60.3 Å². The lowest BCUT2D eigenvalue weighted by Gasteiger charge is -2.12. The van der Waals surface area contributed by atoms with Gasteiger partial charge in [0.15, 0.2) is 0 Å². The molecule has 32 heavy (non-hydrogen) atoms. The summed E-state index contributed by atoms with van der Waals surface area (Å²) in [6.45, 7) is 0. The summed E-state index contributed by atoms with van der Waals surface area (Å²) in [6.07, 6.45) is 10.9. The van der Waals surface area contributed by atoms with Crippen molar-refractivity contribution in [3.8, 4) is 11.1 Å². The molecule has 3 aromatic heterocycles. The van der Waals surface area contributed by atoms with E-state index in [9.17, 15) is 8.42 Å². The SMILES string of the molecule is Nc1ncnc2c1c(-c1ccc(NS(=O)(=O)c3cccnc3)c(Cl)c1)cn2C1CCCC1. The summed E-state index contributed by atoms with van der Waals surface area (Å²) < 4.78 is 30.0. The number of nitrogen functional groups attached to an aromatic ring is 1. The Bertz CT molecular complexity index is 1400. The van der Waals surface area contributed by atoms with Gasteiger partial charge in [-0.05, 0) is 42.7 Å². The molecule has 1 fully saturated rings. The largest absolute Gasteiger partial charge is 0.383 e. The molecular formula is C22H21ClN6O2S. The average Bonchev–Trinajstić information content (AvgIpc) is 3.44. The van der Waals surface area contributed by atoms with Crippen molar-refractivity contribution in [2.24, 2.45) is 0 Å². The Morgan fingerprint density at radius 1 is 1.16 bits per heavy atom. The van der Waals surface area contributed by atoms with Crippen molar-refractivity contribution >= 4 is 44.2 Å². The van der Waals surface area contributed by atoms with E-state index in [0.717, 1.165) is 35.0 Å². The van der Waals surface area contributed by atoms with Gasteiger partial charge in [0.25, 0.3) is 10.0 Å². The molecule has 3 heterocycles. The van der Waals surface area contributed by atoms with Crippen LogP contribution in [0.1, 0.15) is 31.7 Å². The second kappa shape index (κ2) is 8.07. The van der Waals surface area contributed by atoms with Gasteiger partial charge in [0, 0.05) is 30.2 Å². The molecule has 4 aromatic rings. The first-order valence-electron chi connectivity index (χ1n) is 10.3. The number of nitrogens with two attached hydrogens (primary N) is 1. The van der Waals surface area contributed by atoms with Crippen LogP contribution < -0.4 is 10.5 Å². The molecule has 0 amide bonds. The van der Waals surface area contributed by atoms with E-state index in [1.807, 2.05) is 6.07 Å². The van der Waals surface area contributed by atoms with Gasteiger partial charge in [-0.2, -0.15) is 0 Å². The van der Waals surface area contributed by atoms with Crippen LogP contribution in [0.15, 0.2) is 60.1 Å². The van der Waals surface area contributed by atoms with Crippen LogP contribution in [0.4, 0.5) is 11.5 Å². The molecule has 1 saturated carbocycles. The van der Waals surface area contributed by atoms with Gasteiger partial charge in [-0.1, -0.05) is 30.5 Å². The summed E-state index contributed by atoms with van der Waals surface area (Å²) in [6, 6.07) is 8.59. The lowest BCUT2D eigenvalue weighted by molar-refractivity contribution is 0.532. The quantitative estimate of drug-likeness (QED) is 0.440. The highest BCUT2D eigenvalue weighted by Gasteiger charge is 2.23. The number of nitrogens with one attached hydrogen (secondary N) is 1. The van der Waals surface area contributed by atoms with E-state index in [0.29, 0.717) is 11.9 Å². The zero-order valence-corrected chi connectivity index (χ0v) is 18.6. The van der Waals surface area contributed by atoms with Crippen molar-refractivity contribution in [3.63, 3.8) is 0 Å². The van der Waals surface area contributed by atoms with E-state index in [1.165, 1.54) is 37.6 Å². The Morgan fingerprint density at radius 2 is 1.97 bits per heavy atom. The van der Waals surface area contributed by atoms with Crippen LogP contribution in [-0.4, -0.2) is 27.9 Å². The topological polar surface area (TPSA) is 116 Å². The number of aromatic nitrogens is 4. The maximum absolute atomic E-state index is 12.6. The summed E-state index contributed by atoms with van der Waals surface area (Å²) >= 11 is 6.49. The van der Waals surface area contributed by atoms with Crippen molar-refractivity contribution in [2.75, 3.05) is 10.5 Å². The highest BCUT2D eigenvalue weighted by atomic mass is 35.5. The Morgan fingerprint density at radius 3 is 2.69 bits per heavy atom. The van der Waals surface area contributed by atoms with Gasteiger partial charge in [0.1, 0.15) is 22.7 Å². The van der Waals surface area contributed by atoms with E-state index >= 15 is 0 Å². The first-order chi connectivity index (χ1) is 15.4. The average molecular weight is 469 g/mol. The lowest BCUT2D eigenvalue weighted by atomic mass is 10.1. The highest BCUT2D eigenvalue weighted by Crippen LogP contribution is 2.40. The number of pyridine rings is 1. The molecule has 0 bridgehead atoms. The van der Waals surface area contributed by atoms with Gasteiger partial charge in [0.2, 0.25) is 0 Å². The van der Waals surface area contributed by atoms with Gasteiger partial charge >= 0.3 is 0 Å². The van der Waals surface area contributed by atoms with Crippen molar-refractivity contribution in [1.82, 2.24) is 19.5 Å². The normalized spacial score (nSPS) is 14.8.